The molecule has 0 saturated heterocycles. The Hall–Kier alpha value is -1.15. The fourth-order valence-corrected chi connectivity index (χ4v) is 2.62. The molecule has 2 rings (SSSR count). The molecule has 2 unspecified atom stereocenters. The van der Waals surface area contributed by atoms with Crippen LogP contribution in [0.3, 0.4) is 0 Å². The molecule has 0 aromatic heterocycles. The molecule has 1 aromatic rings. The van der Waals surface area contributed by atoms with Crippen LogP contribution in [0.25, 0.3) is 0 Å². The van der Waals surface area contributed by atoms with Crippen molar-refractivity contribution < 1.29 is 9.90 Å². The van der Waals surface area contributed by atoms with E-state index in [-0.39, 0.29) is 11.7 Å². The normalized spacial score (nSPS) is 23.5. The highest BCUT2D eigenvalue weighted by Crippen LogP contribution is 2.29. The van der Waals surface area contributed by atoms with E-state index in [4.69, 9.17) is 0 Å². The zero-order valence-corrected chi connectivity index (χ0v) is 10.4. The van der Waals surface area contributed by atoms with E-state index in [0.29, 0.717) is 5.56 Å². The lowest BCUT2D eigenvalue weighted by molar-refractivity contribution is 0.0550. The number of ketones is 1. The third-order valence-corrected chi connectivity index (χ3v) is 3.66. The number of carbonyl (C=O) groups is 1. The van der Waals surface area contributed by atoms with Crippen molar-refractivity contribution in [3.8, 4) is 0 Å². The molecule has 2 heteroatoms. The Morgan fingerprint density at radius 1 is 1.29 bits per heavy atom. The smallest absolute Gasteiger partial charge is 0.191 e. The first-order valence-corrected chi connectivity index (χ1v) is 6.54. The predicted octanol–water partition coefficient (Wildman–Crippen LogP) is 2.98. The van der Waals surface area contributed by atoms with Crippen molar-refractivity contribution in [2.24, 2.45) is 5.92 Å². The van der Waals surface area contributed by atoms with Crippen LogP contribution in [-0.4, -0.2) is 17.0 Å². The first-order chi connectivity index (χ1) is 8.24. The molecule has 0 saturated carbocycles. The third kappa shape index (κ3) is 2.58. The van der Waals surface area contributed by atoms with Gasteiger partial charge in [0.2, 0.25) is 0 Å². The van der Waals surface area contributed by atoms with Crippen molar-refractivity contribution in [1.82, 2.24) is 0 Å². The standard InChI is InChI=1S/C15H20O2/c1-2-3-4-8-12-10-11-7-5-6-9-13(11)15(17)14(12)16/h5-7,9,12,14,16H,2-4,8,10H2,1H3. The quantitative estimate of drug-likeness (QED) is 0.810. The summed E-state index contributed by atoms with van der Waals surface area (Å²) in [5.74, 6) is 0.0253. The molecular weight excluding hydrogens is 212 g/mol. The van der Waals surface area contributed by atoms with Crippen LogP contribution in [0.5, 0.6) is 0 Å². The van der Waals surface area contributed by atoms with Crippen molar-refractivity contribution in [2.45, 2.75) is 45.1 Å². The zero-order chi connectivity index (χ0) is 12.3. The Morgan fingerprint density at radius 3 is 2.82 bits per heavy atom. The summed E-state index contributed by atoms with van der Waals surface area (Å²) in [6, 6.07) is 7.66. The van der Waals surface area contributed by atoms with Crippen LogP contribution in [0.2, 0.25) is 0 Å². The summed E-state index contributed by atoms with van der Waals surface area (Å²) >= 11 is 0. The lowest BCUT2D eigenvalue weighted by Crippen LogP contribution is -2.36. The van der Waals surface area contributed by atoms with Crippen molar-refractivity contribution in [3.63, 3.8) is 0 Å². The van der Waals surface area contributed by atoms with E-state index in [1.54, 1.807) is 0 Å². The molecule has 0 spiro atoms. The maximum atomic E-state index is 12.0. The van der Waals surface area contributed by atoms with Gasteiger partial charge in [-0.1, -0.05) is 50.5 Å². The maximum absolute atomic E-state index is 12.0. The molecule has 0 radical (unpaired) electrons. The lowest BCUT2D eigenvalue weighted by Gasteiger charge is -2.28. The van der Waals surface area contributed by atoms with E-state index < -0.39 is 6.10 Å². The number of aliphatic hydroxyl groups is 1. The minimum absolute atomic E-state index is 0.0895. The Kier molecular flexibility index (Phi) is 3.95. The number of aliphatic hydroxyl groups excluding tert-OH is 1. The van der Waals surface area contributed by atoms with Gasteiger partial charge in [-0.25, -0.2) is 0 Å². The van der Waals surface area contributed by atoms with Gasteiger partial charge in [-0.05, 0) is 24.3 Å². The molecule has 92 valence electrons. The van der Waals surface area contributed by atoms with Crippen molar-refractivity contribution in [2.75, 3.05) is 0 Å². The Balaban J connectivity index is 2.11. The summed E-state index contributed by atoms with van der Waals surface area (Å²) in [4.78, 5) is 12.0. The average Bonchev–Trinajstić information content (AvgIpc) is 2.35. The molecular formula is C15H20O2. The van der Waals surface area contributed by atoms with Gasteiger partial charge in [0.1, 0.15) is 6.10 Å². The summed E-state index contributed by atoms with van der Waals surface area (Å²) in [7, 11) is 0. The molecule has 1 aromatic carbocycles. The summed E-state index contributed by atoms with van der Waals surface area (Å²) < 4.78 is 0. The molecule has 1 aliphatic rings. The van der Waals surface area contributed by atoms with Gasteiger partial charge in [0.25, 0.3) is 0 Å². The van der Waals surface area contributed by atoms with Crippen LogP contribution >= 0.6 is 0 Å². The molecule has 2 nitrogen and oxygen atoms in total. The molecule has 0 heterocycles. The van der Waals surface area contributed by atoms with Crippen LogP contribution in [0.1, 0.15) is 48.5 Å². The van der Waals surface area contributed by atoms with Gasteiger partial charge < -0.3 is 5.11 Å². The van der Waals surface area contributed by atoms with Gasteiger partial charge in [0, 0.05) is 5.56 Å². The number of hydrogen-bond acceptors (Lipinski definition) is 2. The topological polar surface area (TPSA) is 37.3 Å². The largest absolute Gasteiger partial charge is 0.385 e. The summed E-state index contributed by atoms with van der Waals surface area (Å²) in [6.45, 7) is 2.16. The van der Waals surface area contributed by atoms with Crippen LogP contribution in [0.15, 0.2) is 24.3 Å². The minimum Gasteiger partial charge on any atom is -0.385 e. The number of rotatable bonds is 4. The highest BCUT2D eigenvalue weighted by atomic mass is 16.3. The molecule has 0 aliphatic heterocycles. The van der Waals surface area contributed by atoms with Crippen LogP contribution < -0.4 is 0 Å². The minimum atomic E-state index is -0.790. The lowest BCUT2D eigenvalue weighted by atomic mass is 9.78. The molecule has 0 bridgehead atoms. The third-order valence-electron chi connectivity index (χ3n) is 3.66. The van der Waals surface area contributed by atoms with E-state index in [0.717, 1.165) is 24.8 Å². The van der Waals surface area contributed by atoms with Crippen molar-refractivity contribution in [1.29, 1.82) is 0 Å². The van der Waals surface area contributed by atoms with Gasteiger partial charge in [-0.2, -0.15) is 0 Å². The van der Waals surface area contributed by atoms with Gasteiger partial charge >= 0.3 is 0 Å². The van der Waals surface area contributed by atoms with Gasteiger partial charge in [0.15, 0.2) is 5.78 Å². The predicted molar refractivity (Wildman–Crippen MR) is 68.1 cm³/mol. The highest BCUT2D eigenvalue weighted by molar-refractivity contribution is 6.01. The molecule has 0 fully saturated rings. The van der Waals surface area contributed by atoms with E-state index >= 15 is 0 Å². The average molecular weight is 232 g/mol. The number of benzene rings is 1. The molecule has 17 heavy (non-hydrogen) atoms. The maximum Gasteiger partial charge on any atom is 0.191 e. The highest BCUT2D eigenvalue weighted by Gasteiger charge is 2.33. The van der Waals surface area contributed by atoms with Gasteiger partial charge in [0.05, 0.1) is 0 Å². The van der Waals surface area contributed by atoms with E-state index in [2.05, 4.69) is 6.92 Å². The monoisotopic (exact) mass is 232 g/mol. The van der Waals surface area contributed by atoms with E-state index in [1.807, 2.05) is 24.3 Å². The second kappa shape index (κ2) is 5.46. The van der Waals surface area contributed by atoms with E-state index in [9.17, 15) is 9.90 Å². The first kappa shape index (κ1) is 12.3. The first-order valence-electron chi connectivity index (χ1n) is 6.54. The van der Waals surface area contributed by atoms with Crippen LogP contribution in [0, 0.1) is 5.92 Å². The Labute approximate surface area is 103 Å². The number of hydrogen-bond donors (Lipinski definition) is 1. The van der Waals surface area contributed by atoms with Gasteiger partial charge in [-0.15, -0.1) is 0 Å². The summed E-state index contributed by atoms with van der Waals surface area (Å²) in [6.07, 6.45) is 4.46. The van der Waals surface area contributed by atoms with Crippen molar-refractivity contribution >= 4 is 5.78 Å². The van der Waals surface area contributed by atoms with Crippen molar-refractivity contribution in [3.05, 3.63) is 35.4 Å². The number of carbonyl (C=O) groups excluding carboxylic acids is 1. The second-order valence-corrected chi connectivity index (χ2v) is 4.93. The molecule has 1 N–H and O–H groups in total. The zero-order valence-electron chi connectivity index (χ0n) is 10.4. The Bertz CT molecular complexity index is 398. The van der Waals surface area contributed by atoms with Gasteiger partial charge in [-0.3, -0.25) is 4.79 Å². The second-order valence-electron chi connectivity index (χ2n) is 4.93. The fourth-order valence-electron chi connectivity index (χ4n) is 2.62. The molecule has 0 amide bonds. The van der Waals surface area contributed by atoms with E-state index in [1.165, 1.54) is 12.8 Å². The Morgan fingerprint density at radius 2 is 2.06 bits per heavy atom. The number of Topliss-reactive ketones (excluding diaryl/α,β-unsaturated/α-hetero) is 1. The number of unbranched alkanes of at least 4 members (excludes halogenated alkanes) is 2. The van der Waals surface area contributed by atoms with Crippen LogP contribution in [0.4, 0.5) is 0 Å². The summed E-state index contributed by atoms with van der Waals surface area (Å²) in [5, 5.41) is 10.0. The van der Waals surface area contributed by atoms with Crippen LogP contribution in [-0.2, 0) is 6.42 Å². The summed E-state index contributed by atoms with van der Waals surface area (Å²) in [5.41, 5.74) is 1.82. The fraction of sp³-hybridized carbons (Fsp3) is 0.533. The number of fused-ring (bicyclic) bond motifs is 1. The molecule has 2 atom stereocenters. The SMILES string of the molecule is CCCCCC1Cc2ccccc2C(=O)C1O. The molecule has 1 aliphatic carbocycles.